The average Bonchev–Trinajstić information content (AvgIpc) is 2.94. The Labute approximate surface area is 124 Å². The number of ether oxygens (including phenoxy) is 2. The zero-order chi connectivity index (χ0) is 15.2. The second kappa shape index (κ2) is 7.01. The van der Waals surface area contributed by atoms with Gasteiger partial charge in [-0.15, -0.1) is 0 Å². The van der Waals surface area contributed by atoms with E-state index < -0.39 is 6.09 Å². The van der Waals surface area contributed by atoms with Crippen molar-refractivity contribution in [1.29, 1.82) is 0 Å². The van der Waals surface area contributed by atoms with Crippen LogP contribution in [0.25, 0.3) is 0 Å². The van der Waals surface area contributed by atoms with E-state index in [2.05, 4.69) is 19.9 Å². The van der Waals surface area contributed by atoms with Crippen LogP contribution < -0.4 is 20.7 Å². The van der Waals surface area contributed by atoms with E-state index in [0.29, 0.717) is 24.7 Å². The van der Waals surface area contributed by atoms with Gasteiger partial charge in [-0.3, -0.25) is 0 Å². The summed E-state index contributed by atoms with van der Waals surface area (Å²) in [5, 5.41) is 2.80. The number of hydrogen-bond acceptors (Lipinski definition) is 6. The van der Waals surface area contributed by atoms with Crippen molar-refractivity contribution in [2.75, 3.05) is 37.4 Å². The lowest BCUT2D eigenvalue weighted by Crippen LogP contribution is -2.37. The number of nitrogens with zero attached hydrogens (tertiary/aromatic N) is 2. The zero-order valence-corrected chi connectivity index (χ0v) is 12.5. The van der Waals surface area contributed by atoms with Gasteiger partial charge in [0.2, 0.25) is 5.88 Å². The molecule has 7 nitrogen and oxygen atoms in total. The Morgan fingerprint density at radius 3 is 3.10 bits per heavy atom. The SMILES string of the molecule is CCCOc1nc(N2CCC(NC(=O)OC)C2)ccc1N. The van der Waals surface area contributed by atoms with Gasteiger partial charge in [-0.05, 0) is 25.0 Å². The third-order valence-electron chi connectivity index (χ3n) is 3.34. The molecule has 1 amide bonds. The molecule has 0 bridgehead atoms. The van der Waals surface area contributed by atoms with E-state index in [4.69, 9.17) is 10.5 Å². The number of amides is 1. The van der Waals surface area contributed by atoms with E-state index in [1.54, 1.807) is 6.07 Å². The Morgan fingerprint density at radius 1 is 1.57 bits per heavy atom. The summed E-state index contributed by atoms with van der Waals surface area (Å²) < 4.78 is 10.2. The monoisotopic (exact) mass is 294 g/mol. The highest BCUT2D eigenvalue weighted by atomic mass is 16.5. The molecule has 1 saturated heterocycles. The Bertz CT molecular complexity index is 495. The van der Waals surface area contributed by atoms with Gasteiger partial charge in [0.15, 0.2) is 0 Å². The van der Waals surface area contributed by atoms with Crippen LogP contribution in [0, 0.1) is 0 Å². The highest BCUT2D eigenvalue weighted by molar-refractivity contribution is 5.67. The van der Waals surface area contributed by atoms with Crippen molar-refractivity contribution in [3.05, 3.63) is 12.1 Å². The smallest absolute Gasteiger partial charge is 0.407 e. The molecule has 0 radical (unpaired) electrons. The Kier molecular flexibility index (Phi) is 5.08. The lowest BCUT2D eigenvalue weighted by atomic mass is 10.3. The second-order valence-electron chi connectivity index (χ2n) is 4.98. The molecule has 7 heteroatoms. The molecule has 2 heterocycles. The molecule has 1 aromatic rings. The van der Waals surface area contributed by atoms with Gasteiger partial charge < -0.3 is 25.4 Å². The van der Waals surface area contributed by atoms with Crippen LogP contribution in [0.5, 0.6) is 5.88 Å². The average molecular weight is 294 g/mol. The number of rotatable bonds is 5. The molecule has 116 valence electrons. The van der Waals surface area contributed by atoms with Crippen LogP contribution >= 0.6 is 0 Å². The number of nitrogen functional groups attached to an aromatic ring is 1. The standard InChI is InChI=1S/C14H22N4O3/c1-3-8-21-13-11(15)4-5-12(17-13)18-7-6-10(9-18)16-14(19)20-2/h4-5,10H,3,6-9,15H2,1-2H3,(H,16,19). The van der Waals surface area contributed by atoms with E-state index in [9.17, 15) is 4.79 Å². The minimum Gasteiger partial charge on any atom is -0.476 e. The molecule has 1 aromatic heterocycles. The number of methoxy groups -OCH3 is 1. The van der Waals surface area contributed by atoms with Crippen LogP contribution in [0.3, 0.4) is 0 Å². The van der Waals surface area contributed by atoms with Crippen molar-refractivity contribution < 1.29 is 14.3 Å². The summed E-state index contributed by atoms with van der Waals surface area (Å²) in [6.07, 6.45) is 1.35. The van der Waals surface area contributed by atoms with Gasteiger partial charge in [0.1, 0.15) is 5.82 Å². The van der Waals surface area contributed by atoms with E-state index >= 15 is 0 Å². The number of carbonyl (C=O) groups is 1. The molecule has 2 rings (SSSR count). The van der Waals surface area contributed by atoms with Crippen molar-refractivity contribution in [3.8, 4) is 5.88 Å². The fourth-order valence-electron chi connectivity index (χ4n) is 2.24. The highest BCUT2D eigenvalue weighted by Gasteiger charge is 2.25. The van der Waals surface area contributed by atoms with Gasteiger partial charge in [-0.2, -0.15) is 4.98 Å². The van der Waals surface area contributed by atoms with Crippen LogP contribution in [0.1, 0.15) is 19.8 Å². The van der Waals surface area contributed by atoms with Crippen molar-refractivity contribution in [3.63, 3.8) is 0 Å². The fraction of sp³-hybridized carbons (Fsp3) is 0.571. The first kappa shape index (κ1) is 15.2. The highest BCUT2D eigenvalue weighted by Crippen LogP contribution is 2.25. The van der Waals surface area contributed by atoms with Crippen molar-refractivity contribution in [2.45, 2.75) is 25.8 Å². The van der Waals surface area contributed by atoms with E-state index in [1.165, 1.54) is 7.11 Å². The molecule has 1 unspecified atom stereocenters. The lowest BCUT2D eigenvalue weighted by Gasteiger charge is -2.19. The second-order valence-corrected chi connectivity index (χ2v) is 4.98. The van der Waals surface area contributed by atoms with E-state index in [1.807, 2.05) is 13.0 Å². The zero-order valence-electron chi connectivity index (χ0n) is 12.5. The first-order valence-corrected chi connectivity index (χ1v) is 7.12. The summed E-state index contributed by atoms with van der Waals surface area (Å²) in [5.74, 6) is 1.28. The third kappa shape index (κ3) is 3.90. The van der Waals surface area contributed by atoms with Gasteiger partial charge in [-0.25, -0.2) is 4.79 Å². The molecule has 21 heavy (non-hydrogen) atoms. The summed E-state index contributed by atoms with van der Waals surface area (Å²) in [7, 11) is 1.36. The molecule has 0 aromatic carbocycles. The largest absolute Gasteiger partial charge is 0.476 e. The van der Waals surface area contributed by atoms with Crippen molar-refractivity contribution >= 4 is 17.6 Å². The van der Waals surface area contributed by atoms with Gasteiger partial charge in [0, 0.05) is 13.1 Å². The van der Waals surface area contributed by atoms with Crippen molar-refractivity contribution in [1.82, 2.24) is 10.3 Å². The Balaban J connectivity index is 2.00. The topological polar surface area (TPSA) is 89.7 Å². The number of nitrogens with two attached hydrogens (primary N) is 1. The van der Waals surface area contributed by atoms with Crippen LogP contribution in [0.15, 0.2) is 12.1 Å². The van der Waals surface area contributed by atoms with Crippen molar-refractivity contribution in [2.24, 2.45) is 0 Å². The maximum absolute atomic E-state index is 11.2. The Hall–Kier alpha value is -2.18. The number of aromatic nitrogens is 1. The summed E-state index contributed by atoms with van der Waals surface area (Å²) in [4.78, 5) is 17.8. The molecule has 0 spiro atoms. The maximum Gasteiger partial charge on any atom is 0.407 e. The molecule has 0 aliphatic carbocycles. The van der Waals surface area contributed by atoms with Gasteiger partial charge in [0.05, 0.1) is 25.4 Å². The molecule has 1 fully saturated rings. The van der Waals surface area contributed by atoms with Gasteiger partial charge in [0.25, 0.3) is 0 Å². The summed E-state index contributed by atoms with van der Waals surface area (Å²) in [6, 6.07) is 3.74. The normalized spacial score (nSPS) is 17.6. The Morgan fingerprint density at radius 2 is 2.38 bits per heavy atom. The van der Waals surface area contributed by atoms with Crippen LogP contribution in [-0.2, 0) is 4.74 Å². The molecule has 1 atom stereocenters. The predicted molar refractivity (Wildman–Crippen MR) is 80.6 cm³/mol. The van der Waals surface area contributed by atoms with Gasteiger partial charge in [-0.1, -0.05) is 6.92 Å². The number of alkyl carbamates (subject to hydrolysis) is 1. The van der Waals surface area contributed by atoms with Crippen LogP contribution in [0.4, 0.5) is 16.3 Å². The van der Waals surface area contributed by atoms with Gasteiger partial charge >= 0.3 is 6.09 Å². The summed E-state index contributed by atoms with van der Waals surface area (Å²) in [5.41, 5.74) is 6.40. The first-order chi connectivity index (χ1) is 10.1. The molecule has 1 aliphatic rings. The molecular formula is C14H22N4O3. The molecule has 1 aliphatic heterocycles. The molecule has 3 N–H and O–H groups in total. The number of pyridine rings is 1. The molecular weight excluding hydrogens is 272 g/mol. The third-order valence-corrected chi connectivity index (χ3v) is 3.34. The van der Waals surface area contributed by atoms with E-state index in [0.717, 1.165) is 25.2 Å². The first-order valence-electron chi connectivity index (χ1n) is 7.12. The van der Waals surface area contributed by atoms with Crippen LogP contribution in [0.2, 0.25) is 0 Å². The lowest BCUT2D eigenvalue weighted by molar-refractivity contribution is 0.167. The summed E-state index contributed by atoms with van der Waals surface area (Å²) in [6.45, 7) is 4.13. The molecule has 0 saturated carbocycles. The quantitative estimate of drug-likeness (QED) is 0.853. The number of anilines is 2. The minimum absolute atomic E-state index is 0.0665. The van der Waals surface area contributed by atoms with E-state index in [-0.39, 0.29) is 6.04 Å². The number of nitrogens with one attached hydrogen (secondary N) is 1. The predicted octanol–water partition coefficient (Wildman–Crippen LogP) is 1.39. The number of hydrogen-bond donors (Lipinski definition) is 2. The summed E-state index contributed by atoms with van der Waals surface area (Å²) >= 11 is 0. The van der Waals surface area contributed by atoms with Crippen LogP contribution in [-0.4, -0.2) is 43.9 Å². The fourth-order valence-corrected chi connectivity index (χ4v) is 2.24. The number of carbonyl (C=O) groups excluding carboxylic acids is 1. The maximum atomic E-state index is 11.2. The minimum atomic E-state index is -0.404.